The van der Waals surface area contributed by atoms with Gasteiger partial charge in [-0.25, -0.2) is 0 Å². The van der Waals surface area contributed by atoms with Gasteiger partial charge in [-0.2, -0.15) is 13.2 Å². The van der Waals surface area contributed by atoms with E-state index in [1.807, 2.05) is 0 Å². The van der Waals surface area contributed by atoms with Crippen molar-refractivity contribution in [2.24, 2.45) is 5.92 Å². The van der Waals surface area contributed by atoms with E-state index in [0.29, 0.717) is 5.92 Å². The van der Waals surface area contributed by atoms with E-state index in [0.717, 1.165) is 31.0 Å². The Morgan fingerprint density at radius 1 is 1.33 bits per heavy atom. The van der Waals surface area contributed by atoms with Crippen LogP contribution in [0.1, 0.15) is 25.7 Å². The molecule has 1 rings (SSSR count). The zero-order chi connectivity index (χ0) is 13.6. The molecule has 1 aliphatic rings. The average Bonchev–Trinajstić information content (AvgIpc) is 2.28. The van der Waals surface area contributed by atoms with Crippen molar-refractivity contribution in [1.82, 2.24) is 5.32 Å². The van der Waals surface area contributed by atoms with Crippen LogP contribution in [0.3, 0.4) is 0 Å². The topological polar surface area (TPSA) is 38.3 Å². The average molecular weight is 332 g/mol. The summed E-state index contributed by atoms with van der Waals surface area (Å²) in [4.78, 5) is 11.4. The highest BCUT2D eigenvalue weighted by Gasteiger charge is 2.29. The number of carbonyl (C=O) groups excluding carboxylic acids is 1. The molecule has 0 spiro atoms. The molecular formula is C11H17BrF3NO2. The summed E-state index contributed by atoms with van der Waals surface area (Å²) in [5, 5.41) is 3.54. The molecule has 18 heavy (non-hydrogen) atoms. The van der Waals surface area contributed by atoms with Crippen molar-refractivity contribution in [3.63, 3.8) is 0 Å². The van der Waals surface area contributed by atoms with E-state index < -0.39 is 25.3 Å². The normalized spacial score (nSPS) is 24.9. The number of amides is 1. The van der Waals surface area contributed by atoms with Gasteiger partial charge in [0.1, 0.15) is 13.2 Å². The first-order valence-corrected chi connectivity index (χ1v) is 7.04. The molecule has 1 amide bonds. The van der Waals surface area contributed by atoms with Crippen molar-refractivity contribution in [2.75, 3.05) is 18.5 Å². The van der Waals surface area contributed by atoms with Gasteiger partial charge in [-0.1, -0.05) is 28.8 Å². The molecule has 3 nitrogen and oxygen atoms in total. The Balaban J connectivity index is 2.26. The molecule has 0 aliphatic heterocycles. The van der Waals surface area contributed by atoms with Crippen molar-refractivity contribution >= 4 is 21.8 Å². The molecule has 0 bridgehead atoms. The van der Waals surface area contributed by atoms with Gasteiger partial charge in [-0.05, 0) is 18.8 Å². The number of alkyl halides is 4. The fourth-order valence-electron chi connectivity index (χ4n) is 2.09. The van der Waals surface area contributed by atoms with Crippen LogP contribution in [0, 0.1) is 5.92 Å². The molecule has 1 aliphatic carbocycles. The van der Waals surface area contributed by atoms with Crippen LogP contribution in [0.2, 0.25) is 0 Å². The van der Waals surface area contributed by atoms with Crippen LogP contribution in [0.15, 0.2) is 0 Å². The van der Waals surface area contributed by atoms with E-state index in [-0.39, 0.29) is 6.04 Å². The largest absolute Gasteiger partial charge is 0.411 e. The van der Waals surface area contributed by atoms with Crippen molar-refractivity contribution < 1.29 is 22.7 Å². The third-order valence-electron chi connectivity index (χ3n) is 2.95. The molecule has 0 heterocycles. The third-order valence-corrected chi connectivity index (χ3v) is 3.78. The Labute approximate surface area is 113 Å². The Bertz CT molecular complexity index is 274. The lowest BCUT2D eigenvalue weighted by molar-refractivity contribution is -0.175. The van der Waals surface area contributed by atoms with Gasteiger partial charge in [-0.3, -0.25) is 4.79 Å². The molecular weight excluding hydrogens is 315 g/mol. The lowest BCUT2D eigenvalue weighted by Gasteiger charge is -2.30. The summed E-state index contributed by atoms with van der Waals surface area (Å²) < 4.78 is 39.8. The Kier molecular flexibility index (Phi) is 6.42. The van der Waals surface area contributed by atoms with Crippen molar-refractivity contribution in [2.45, 2.75) is 37.9 Å². The minimum Gasteiger partial charge on any atom is -0.362 e. The fourth-order valence-corrected chi connectivity index (χ4v) is 2.87. The quantitative estimate of drug-likeness (QED) is 0.786. The third kappa shape index (κ3) is 6.04. The minimum atomic E-state index is -4.39. The first kappa shape index (κ1) is 15.8. The molecule has 0 aromatic heterocycles. The molecule has 2 atom stereocenters. The van der Waals surface area contributed by atoms with Crippen LogP contribution in [0.4, 0.5) is 13.2 Å². The molecule has 2 unspecified atom stereocenters. The highest BCUT2D eigenvalue weighted by molar-refractivity contribution is 9.09. The van der Waals surface area contributed by atoms with Gasteiger partial charge in [0.05, 0.1) is 0 Å². The number of halogens is 4. The molecule has 106 valence electrons. The molecule has 7 heteroatoms. The summed E-state index contributed by atoms with van der Waals surface area (Å²) in [6.45, 7) is -1.92. The van der Waals surface area contributed by atoms with Gasteiger partial charge in [-0.15, -0.1) is 0 Å². The number of ether oxygens (including phenoxy) is 1. The highest BCUT2D eigenvalue weighted by atomic mass is 79.9. The van der Waals surface area contributed by atoms with Gasteiger partial charge < -0.3 is 10.1 Å². The summed E-state index contributed by atoms with van der Waals surface area (Å²) in [7, 11) is 0. The second-order valence-corrected chi connectivity index (χ2v) is 5.13. The zero-order valence-electron chi connectivity index (χ0n) is 9.93. The Morgan fingerprint density at radius 3 is 2.61 bits per heavy atom. The molecule has 0 saturated heterocycles. The maximum absolute atomic E-state index is 11.8. The predicted octanol–water partition coefficient (Wildman–Crippen LogP) is 2.64. The zero-order valence-corrected chi connectivity index (χ0v) is 11.5. The molecule has 1 N–H and O–H groups in total. The van der Waals surface area contributed by atoms with Crippen LogP contribution >= 0.6 is 15.9 Å². The van der Waals surface area contributed by atoms with Crippen molar-refractivity contribution in [1.29, 1.82) is 0 Å². The molecule has 1 saturated carbocycles. The number of rotatable bonds is 5. The van der Waals surface area contributed by atoms with E-state index in [9.17, 15) is 18.0 Å². The molecule has 0 aromatic rings. The lowest BCUT2D eigenvalue weighted by atomic mass is 9.86. The second-order valence-electron chi connectivity index (χ2n) is 4.48. The highest BCUT2D eigenvalue weighted by Crippen LogP contribution is 2.25. The van der Waals surface area contributed by atoms with Gasteiger partial charge in [0.2, 0.25) is 5.91 Å². The van der Waals surface area contributed by atoms with Crippen LogP contribution in [-0.4, -0.2) is 36.7 Å². The summed E-state index contributed by atoms with van der Waals surface area (Å²) >= 11 is 3.39. The summed E-state index contributed by atoms with van der Waals surface area (Å²) in [5.74, 6) is -0.123. The van der Waals surface area contributed by atoms with Gasteiger partial charge >= 0.3 is 6.18 Å². The summed E-state index contributed by atoms with van der Waals surface area (Å²) in [5.41, 5.74) is 0. The summed E-state index contributed by atoms with van der Waals surface area (Å²) in [6.07, 6.45) is -0.310. The van der Waals surface area contributed by atoms with Crippen LogP contribution in [-0.2, 0) is 9.53 Å². The number of hydrogen-bond acceptors (Lipinski definition) is 2. The second kappa shape index (κ2) is 7.33. The van der Waals surface area contributed by atoms with Crippen LogP contribution in [0.5, 0.6) is 0 Å². The number of hydrogen-bond donors (Lipinski definition) is 1. The van der Waals surface area contributed by atoms with Crippen LogP contribution in [0.25, 0.3) is 0 Å². The van der Waals surface area contributed by atoms with E-state index in [4.69, 9.17) is 0 Å². The van der Waals surface area contributed by atoms with Gasteiger partial charge in [0.15, 0.2) is 0 Å². The van der Waals surface area contributed by atoms with Gasteiger partial charge in [0.25, 0.3) is 0 Å². The van der Waals surface area contributed by atoms with E-state index in [1.54, 1.807) is 0 Å². The summed E-state index contributed by atoms with van der Waals surface area (Å²) in [6, 6.07) is 0.0418. The maximum atomic E-state index is 11.8. The predicted molar refractivity (Wildman–Crippen MR) is 64.6 cm³/mol. The smallest absolute Gasteiger partial charge is 0.362 e. The Hall–Kier alpha value is -0.300. The maximum Gasteiger partial charge on any atom is 0.411 e. The Morgan fingerprint density at radius 2 is 2.00 bits per heavy atom. The molecule has 0 aromatic carbocycles. The van der Waals surface area contributed by atoms with E-state index in [1.165, 1.54) is 0 Å². The van der Waals surface area contributed by atoms with E-state index in [2.05, 4.69) is 26.0 Å². The minimum absolute atomic E-state index is 0.0418. The number of carbonyl (C=O) groups is 1. The molecule has 1 fully saturated rings. The lowest BCUT2D eigenvalue weighted by Crippen LogP contribution is -2.44. The fraction of sp³-hybridized carbons (Fsp3) is 0.909. The molecule has 0 radical (unpaired) electrons. The van der Waals surface area contributed by atoms with Crippen molar-refractivity contribution in [3.05, 3.63) is 0 Å². The van der Waals surface area contributed by atoms with Crippen LogP contribution < -0.4 is 5.32 Å². The number of nitrogens with one attached hydrogen (secondary N) is 1. The monoisotopic (exact) mass is 331 g/mol. The first-order valence-electron chi connectivity index (χ1n) is 5.92. The van der Waals surface area contributed by atoms with Crippen molar-refractivity contribution in [3.8, 4) is 0 Å². The van der Waals surface area contributed by atoms with Gasteiger partial charge in [0, 0.05) is 11.4 Å². The SMILES string of the molecule is O=C(COCC(F)(F)F)NC1CCCCC1CBr. The standard InChI is InChI=1S/C11H17BrF3NO2/c12-5-8-3-1-2-4-9(8)16-10(17)6-18-7-11(13,14)15/h8-9H,1-7H2,(H,16,17). The first-order chi connectivity index (χ1) is 8.42. The van der Waals surface area contributed by atoms with E-state index >= 15 is 0 Å².